The molecule has 3 rings (SSSR count). The normalized spacial score (nSPS) is 13.6. The van der Waals surface area contributed by atoms with E-state index in [9.17, 15) is 4.39 Å². The highest BCUT2D eigenvalue weighted by Gasteiger charge is 2.15. The summed E-state index contributed by atoms with van der Waals surface area (Å²) < 4.78 is 25.1. The molecule has 5 heteroatoms. The van der Waals surface area contributed by atoms with Gasteiger partial charge in [-0.2, -0.15) is 0 Å². The van der Waals surface area contributed by atoms with Gasteiger partial charge in [-0.05, 0) is 18.2 Å². The Kier molecular flexibility index (Phi) is 4.15. The topological polar surface area (TPSA) is 30.5 Å². The minimum absolute atomic E-state index is 0.298. The molecule has 1 N–H and O–H groups in total. The number of hydrogen-bond acceptors (Lipinski definition) is 3. The van der Waals surface area contributed by atoms with E-state index in [0.717, 1.165) is 23.5 Å². The van der Waals surface area contributed by atoms with Crippen LogP contribution in [-0.2, 0) is 6.54 Å². The minimum Gasteiger partial charge on any atom is -0.490 e. The van der Waals surface area contributed by atoms with Gasteiger partial charge in [-0.15, -0.1) is 0 Å². The van der Waals surface area contributed by atoms with Gasteiger partial charge >= 0.3 is 0 Å². The van der Waals surface area contributed by atoms with Crippen molar-refractivity contribution in [3.63, 3.8) is 0 Å². The summed E-state index contributed by atoms with van der Waals surface area (Å²) in [6, 6.07) is 10.3. The zero-order valence-corrected chi connectivity index (χ0v) is 12.1. The zero-order valence-electron chi connectivity index (χ0n) is 11.4. The Morgan fingerprint density at radius 3 is 2.76 bits per heavy atom. The summed E-state index contributed by atoms with van der Waals surface area (Å²) in [6.07, 6.45) is 0.848. The summed E-state index contributed by atoms with van der Waals surface area (Å²) >= 11 is 6.01. The van der Waals surface area contributed by atoms with Crippen molar-refractivity contribution in [1.29, 1.82) is 0 Å². The molecule has 0 radical (unpaired) electrons. The molecule has 0 unspecified atom stereocenters. The number of ether oxygens (including phenoxy) is 2. The van der Waals surface area contributed by atoms with Crippen LogP contribution in [0.3, 0.4) is 0 Å². The highest BCUT2D eigenvalue weighted by molar-refractivity contribution is 6.33. The van der Waals surface area contributed by atoms with Gasteiger partial charge in [0.25, 0.3) is 0 Å². The zero-order chi connectivity index (χ0) is 14.7. The highest BCUT2D eigenvalue weighted by atomic mass is 35.5. The third-order valence-electron chi connectivity index (χ3n) is 3.27. The van der Waals surface area contributed by atoms with Gasteiger partial charge in [-0.3, -0.25) is 0 Å². The molecular formula is C16H15ClFNO2. The summed E-state index contributed by atoms with van der Waals surface area (Å²) in [7, 11) is 0. The number of benzene rings is 2. The van der Waals surface area contributed by atoms with Gasteiger partial charge in [0.1, 0.15) is 5.82 Å². The molecular weight excluding hydrogens is 293 g/mol. The first-order valence-corrected chi connectivity index (χ1v) is 7.19. The molecule has 1 heterocycles. The van der Waals surface area contributed by atoms with E-state index in [4.69, 9.17) is 21.1 Å². The number of fused-ring (bicyclic) bond motifs is 1. The quantitative estimate of drug-likeness (QED) is 0.919. The standard InChI is InChI=1S/C16H15ClFNO2/c17-12-5-2-6-13(18)15(12)19-10-11-4-1-7-14-16(11)21-9-3-8-20-14/h1-2,4-7,19H,3,8-10H2. The fourth-order valence-electron chi connectivity index (χ4n) is 2.24. The Morgan fingerprint density at radius 1 is 1.10 bits per heavy atom. The van der Waals surface area contributed by atoms with Crippen molar-refractivity contribution in [3.05, 3.63) is 52.8 Å². The summed E-state index contributed by atoms with van der Waals surface area (Å²) in [5, 5.41) is 3.38. The molecule has 0 spiro atoms. The molecule has 0 aliphatic carbocycles. The largest absolute Gasteiger partial charge is 0.490 e. The molecule has 0 fully saturated rings. The van der Waals surface area contributed by atoms with E-state index in [-0.39, 0.29) is 5.82 Å². The first kappa shape index (κ1) is 14.0. The van der Waals surface area contributed by atoms with Crippen LogP contribution in [0.25, 0.3) is 0 Å². The maximum atomic E-state index is 13.8. The predicted octanol–water partition coefficient (Wildman–Crippen LogP) is 4.25. The third kappa shape index (κ3) is 3.05. The van der Waals surface area contributed by atoms with Crippen LogP contribution < -0.4 is 14.8 Å². The Hall–Kier alpha value is -1.94. The van der Waals surface area contributed by atoms with Gasteiger partial charge in [0.15, 0.2) is 11.5 Å². The van der Waals surface area contributed by atoms with Crippen molar-refractivity contribution >= 4 is 17.3 Å². The lowest BCUT2D eigenvalue weighted by molar-refractivity contribution is 0.296. The van der Waals surface area contributed by atoms with Crippen molar-refractivity contribution in [3.8, 4) is 11.5 Å². The second-order valence-corrected chi connectivity index (χ2v) is 5.15. The van der Waals surface area contributed by atoms with Crippen LogP contribution in [0.4, 0.5) is 10.1 Å². The lowest BCUT2D eigenvalue weighted by atomic mass is 10.1. The van der Waals surface area contributed by atoms with E-state index in [1.165, 1.54) is 6.07 Å². The van der Waals surface area contributed by atoms with Crippen LogP contribution in [0.1, 0.15) is 12.0 Å². The first-order valence-electron chi connectivity index (χ1n) is 6.81. The molecule has 0 bridgehead atoms. The van der Waals surface area contributed by atoms with Crippen LogP contribution in [0.15, 0.2) is 36.4 Å². The smallest absolute Gasteiger partial charge is 0.166 e. The maximum absolute atomic E-state index is 13.8. The Balaban J connectivity index is 1.83. The number of anilines is 1. The van der Waals surface area contributed by atoms with Gasteiger partial charge in [-0.1, -0.05) is 29.8 Å². The van der Waals surface area contributed by atoms with Gasteiger partial charge in [0, 0.05) is 18.5 Å². The SMILES string of the molecule is Fc1cccc(Cl)c1NCc1cccc2c1OCCCO2. The van der Waals surface area contributed by atoms with Crippen LogP contribution in [-0.4, -0.2) is 13.2 Å². The summed E-state index contributed by atoms with van der Waals surface area (Å²) in [5.41, 5.74) is 1.21. The van der Waals surface area contributed by atoms with Crippen LogP contribution in [0.5, 0.6) is 11.5 Å². The van der Waals surface area contributed by atoms with Crippen molar-refractivity contribution in [2.75, 3.05) is 18.5 Å². The van der Waals surface area contributed by atoms with Crippen molar-refractivity contribution in [1.82, 2.24) is 0 Å². The second-order valence-electron chi connectivity index (χ2n) is 4.75. The number of nitrogens with one attached hydrogen (secondary N) is 1. The maximum Gasteiger partial charge on any atom is 0.166 e. The van der Waals surface area contributed by atoms with Crippen LogP contribution >= 0.6 is 11.6 Å². The van der Waals surface area contributed by atoms with E-state index in [1.807, 2.05) is 18.2 Å². The molecule has 1 aliphatic rings. The van der Waals surface area contributed by atoms with E-state index >= 15 is 0 Å². The molecule has 0 saturated heterocycles. The molecule has 21 heavy (non-hydrogen) atoms. The fourth-order valence-corrected chi connectivity index (χ4v) is 2.47. The molecule has 110 valence electrons. The molecule has 0 atom stereocenters. The summed E-state index contributed by atoms with van der Waals surface area (Å²) in [4.78, 5) is 0. The minimum atomic E-state index is -0.373. The number of para-hydroxylation sites is 2. The van der Waals surface area contributed by atoms with Gasteiger partial charge < -0.3 is 14.8 Å². The Labute approximate surface area is 127 Å². The van der Waals surface area contributed by atoms with Crippen molar-refractivity contribution in [2.24, 2.45) is 0 Å². The summed E-state index contributed by atoms with van der Waals surface area (Å²) in [6.45, 7) is 1.67. The molecule has 0 aromatic heterocycles. The highest BCUT2D eigenvalue weighted by Crippen LogP contribution is 2.34. The van der Waals surface area contributed by atoms with Gasteiger partial charge in [-0.25, -0.2) is 4.39 Å². The fraction of sp³-hybridized carbons (Fsp3) is 0.250. The molecule has 2 aromatic carbocycles. The molecule has 0 amide bonds. The first-order chi connectivity index (χ1) is 10.3. The van der Waals surface area contributed by atoms with Gasteiger partial charge in [0.2, 0.25) is 0 Å². The predicted molar refractivity (Wildman–Crippen MR) is 80.8 cm³/mol. The average molecular weight is 308 g/mol. The Morgan fingerprint density at radius 2 is 1.90 bits per heavy atom. The monoisotopic (exact) mass is 307 g/mol. The van der Waals surface area contributed by atoms with Crippen LogP contribution in [0.2, 0.25) is 5.02 Å². The number of rotatable bonds is 3. The van der Waals surface area contributed by atoms with Crippen molar-refractivity contribution < 1.29 is 13.9 Å². The summed E-state index contributed by atoms with van der Waals surface area (Å²) in [5.74, 6) is 1.07. The van der Waals surface area contributed by atoms with E-state index in [0.29, 0.717) is 30.5 Å². The van der Waals surface area contributed by atoms with E-state index < -0.39 is 0 Å². The number of halogens is 2. The molecule has 0 saturated carbocycles. The van der Waals surface area contributed by atoms with Gasteiger partial charge in [0.05, 0.1) is 23.9 Å². The average Bonchev–Trinajstić information content (AvgIpc) is 2.72. The Bertz CT molecular complexity index is 628. The van der Waals surface area contributed by atoms with Crippen molar-refractivity contribution in [2.45, 2.75) is 13.0 Å². The molecule has 1 aliphatic heterocycles. The van der Waals surface area contributed by atoms with Crippen LogP contribution in [0, 0.1) is 5.82 Å². The number of hydrogen-bond donors (Lipinski definition) is 1. The lowest BCUT2D eigenvalue weighted by Gasteiger charge is -2.14. The molecule has 3 nitrogen and oxygen atoms in total. The third-order valence-corrected chi connectivity index (χ3v) is 3.59. The van der Waals surface area contributed by atoms with E-state index in [2.05, 4.69) is 5.32 Å². The molecule has 2 aromatic rings. The van der Waals surface area contributed by atoms with E-state index in [1.54, 1.807) is 12.1 Å². The second kappa shape index (κ2) is 6.22. The lowest BCUT2D eigenvalue weighted by Crippen LogP contribution is -2.05.